The van der Waals surface area contributed by atoms with Crippen LogP contribution in [-0.4, -0.2) is 29.6 Å². The second-order valence-electron chi connectivity index (χ2n) is 4.37. The van der Waals surface area contributed by atoms with Crippen molar-refractivity contribution in [2.24, 2.45) is 5.92 Å². The van der Waals surface area contributed by atoms with Crippen molar-refractivity contribution in [1.29, 1.82) is 0 Å². The van der Waals surface area contributed by atoms with Crippen molar-refractivity contribution >= 4 is 11.9 Å². The van der Waals surface area contributed by atoms with Crippen LogP contribution < -0.4 is 0 Å². The fourth-order valence-corrected chi connectivity index (χ4v) is 1.91. The van der Waals surface area contributed by atoms with Crippen LogP contribution >= 0.6 is 0 Å². The van der Waals surface area contributed by atoms with Crippen molar-refractivity contribution in [3.63, 3.8) is 0 Å². The van der Waals surface area contributed by atoms with Gasteiger partial charge in [0, 0.05) is 0 Å². The molecular weight excluding hydrogens is 234 g/mol. The standard InChI is InChI=1S/C11H16F2O4/c12-11(13,6-9(14)15)7-17-10(16)8-4-2-1-3-5-8/h8H,1-7H2,(H,14,15). The van der Waals surface area contributed by atoms with Crippen molar-refractivity contribution in [1.82, 2.24) is 0 Å². The highest BCUT2D eigenvalue weighted by molar-refractivity contribution is 5.72. The number of carboxylic acid groups (broad SMARTS) is 1. The molecule has 1 fully saturated rings. The minimum atomic E-state index is -3.49. The maximum atomic E-state index is 12.9. The number of aliphatic carboxylic acids is 1. The molecule has 98 valence electrons. The van der Waals surface area contributed by atoms with Crippen LogP contribution in [0.4, 0.5) is 8.78 Å². The summed E-state index contributed by atoms with van der Waals surface area (Å²) in [4.78, 5) is 21.6. The zero-order valence-corrected chi connectivity index (χ0v) is 9.45. The third-order valence-corrected chi connectivity index (χ3v) is 2.77. The highest BCUT2D eigenvalue weighted by Crippen LogP contribution is 2.26. The minimum Gasteiger partial charge on any atom is -0.481 e. The molecule has 0 amide bonds. The number of carbonyl (C=O) groups is 2. The molecule has 0 unspecified atom stereocenters. The molecule has 17 heavy (non-hydrogen) atoms. The van der Waals surface area contributed by atoms with E-state index < -0.39 is 30.9 Å². The summed E-state index contributed by atoms with van der Waals surface area (Å²) in [5, 5.41) is 8.24. The Morgan fingerprint density at radius 1 is 1.24 bits per heavy atom. The van der Waals surface area contributed by atoms with Crippen molar-refractivity contribution in [3.8, 4) is 0 Å². The number of carboxylic acids is 1. The molecule has 1 N–H and O–H groups in total. The predicted molar refractivity (Wildman–Crippen MR) is 54.7 cm³/mol. The van der Waals surface area contributed by atoms with Crippen LogP contribution in [0.15, 0.2) is 0 Å². The number of rotatable bonds is 5. The Morgan fingerprint density at radius 2 is 1.82 bits per heavy atom. The number of ether oxygens (including phenoxy) is 1. The summed E-state index contributed by atoms with van der Waals surface area (Å²) in [6, 6.07) is 0. The first-order valence-electron chi connectivity index (χ1n) is 5.67. The van der Waals surface area contributed by atoms with E-state index in [0.29, 0.717) is 12.8 Å². The summed E-state index contributed by atoms with van der Waals surface area (Å²) < 4.78 is 30.4. The van der Waals surface area contributed by atoms with Crippen LogP contribution in [0.1, 0.15) is 38.5 Å². The van der Waals surface area contributed by atoms with Crippen LogP contribution in [0.2, 0.25) is 0 Å². The molecule has 0 aromatic heterocycles. The zero-order chi connectivity index (χ0) is 12.9. The second kappa shape index (κ2) is 5.93. The molecule has 1 saturated carbocycles. The number of hydrogen-bond donors (Lipinski definition) is 1. The molecule has 1 rings (SSSR count). The van der Waals surface area contributed by atoms with Gasteiger partial charge in [-0.25, -0.2) is 8.78 Å². The zero-order valence-electron chi connectivity index (χ0n) is 9.45. The van der Waals surface area contributed by atoms with Crippen LogP contribution in [-0.2, 0) is 14.3 Å². The first kappa shape index (κ1) is 13.9. The van der Waals surface area contributed by atoms with Crippen molar-refractivity contribution in [3.05, 3.63) is 0 Å². The summed E-state index contributed by atoms with van der Waals surface area (Å²) in [5.41, 5.74) is 0. The summed E-state index contributed by atoms with van der Waals surface area (Å²) in [6.45, 7) is -1.14. The van der Waals surface area contributed by atoms with E-state index in [4.69, 9.17) is 5.11 Å². The Hall–Kier alpha value is -1.20. The van der Waals surface area contributed by atoms with Crippen LogP contribution in [0.3, 0.4) is 0 Å². The largest absolute Gasteiger partial charge is 0.481 e. The third-order valence-electron chi connectivity index (χ3n) is 2.77. The van der Waals surface area contributed by atoms with E-state index in [9.17, 15) is 18.4 Å². The average molecular weight is 250 g/mol. The number of hydrogen-bond acceptors (Lipinski definition) is 3. The van der Waals surface area contributed by atoms with Crippen LogP contribution in [0.5, 0.6) is 0 Å². The van der Waals surface area contributed by atoms with Gasteiger partial charge in [0.1, 0.15) is 6.42 Å². The first-order chi connectivity index (χ1) is 7.91. The van der Waals surface area contributed by atoms with Gasteiger partial charge in [0.15, 0.2) is 6.61 Å². The molecule has 0 aliphatic heterocycles. The molecule has 0 radical (unpaired) electrons. The lowest BCUT2D eigenvalue weighted by Gasteiger charge is -2.21. The molecule has 0 aromatic rings. The van der Waals surface area contributed by atoms with E-state index in [2.05, 4.69) is 4.74 Å². The summed E-state index contributed by atoms with van der Waals surface area (Å²) in [5.74, 6) is -6.03. The topological polar surface area (TPSA) is 63.6 Å². The highest BCUT2D eigenvalue weighted by atomic mass is 19.3. The average Bonchev–Trinajstić information content (AvgIpc) is 2.25. The molecular formula is C11H16F2O4. The fraction of sp³-hybridized carbons (Fsp3) is 0.818. The van der Waals surface area contributed by atoms with E-state index in [-0.39, 0.29) is 5.92 Å². The first-order valence-corrected chi connectivity index (χ1v) is 5.67. The van der Waals surface area contributed by atoms with Crippen molar-refractivity contribution in [2.45, 2.75) is 44.4 Å². The molecule has 0 heterocycles. The molecule has 0 bridgehead atoms. The van der Waals surface area contributed by atoms with Crippen LogP contribution in [0, 0.1) is 5.92 Å². The maximum absolute atomic E-state index is 12.9. The highest BCUT2D eigenvalue weighted by Gasteiger charge is 2.35. The van der Waals surface area contributed by atoms with Crippen LogP contribution in [0.25, 0.3) is 0 Å². The Bertz CT molecular complexity index is 285. The molecule has 0 spiro atoms. The Labute approximate surface area is 97.9 Å². The third kappa shape index (κ3) is 5.10. The second-order valence-corrected chi connectivity index (χ2v) is 4.37. The maximum Gasteiger partial charge on any atom is 0.309 e. The normalized spacial score (nSPS) is 17.8. The van der Waals surface area contributed by atoms with Gasteiger partial charge in [-0.3, -0.25) is 9.59 Å². The minimum absolute atomic E-state index is 0.302. The molecule has 1 aliphatic rings. The molecule has 6 heteroatoms. The lowest BCUT2D eigenvalue weighted by atomic mass is 9.89. The quantitative estimate of drug-likeness (QED) is 0.760. The lowest BCUT2D eigenvalue weighted by Crippen LogP contribution is -2.31. The molecule has 0 saturated heterocycles. The molecule has 0 aromatic carbocycles. The molecule has 0 atom stereocenters. The van der Waals surface area contributed by atoms with E-state index in [1.807, 2.05) is 0 Å². The van der Waals surface area contributed by atoms with Gasteiger partial charge in [0.2, 0.25) is 0 Å². The molecule has 1 aliphatic carbocycles. The molecule has 4 nitrogen and oxygen atoms in total. The van der Waals surface area contributed by atoms with Crippen molar-refractivity contribution < 1.29 is 28.2 Å². The Kier molecular flexibility index (Phi) is 4.84. The smallest absolute Gasteiger partial charge is 0.309 e. The number of carbonyl (C=O) groups excluding carboxylic acids is 1. The van der Waals surface area contributed by atoms with E-state index >= 15 is 0 Å². The van der Waals surface area contributed by atoms with Gasteiger partial charge in [0.25, 0.3) is 5.92 Å². The van der Waals surface area contributed by atoms with E-state index in [1.165, 1.54) is 0 Å². The number of esters is 1. The SMILES string of the molecule is O=C(O)CC(F)(F)COC(=O)C1CCCCC1. The van der Waals surface area contributed by atoms with Crippen molar-refractivity contribution in [2.75, 3.05) is 6.61 Å². The number of alkyl halides is 2. The predicted octanol–water partition coefficient (Wildman–Crippen LogP) is 2.22. The number of halogens is 2. The van der Waals surface area contributed by atoms with Gasteiger partial charge in [0.05, 0.1) is 5.92 Å². The van der Waals surface area contributed by atoms with Gasteiger partial charge >= 0.3 is 11.9 Å². The Morgan fingerprint density at radius 3 is 2.35 bits per heavy atom. The van der Waals surface area contributed by atoms with Gasteiger partial charge in [-0.1, -0.05) is 19.3 Å². The fourth-order valence-electron chi connectivity index (χ4n) is 1.91. The summed E-state index contributed by atoms with van der Waals surface area (Å²) >= 11 is 0. The summed E-state index contributed by atoms with van der Waals surface area (Å²) in [6.07, 6.45) is 2.90. The van der Waals surface area contributed by atoms with Gasteiger partial charge in [-0.2, -0.15) is 0 Å². The lowest BCUT2D eigenvalue weighted by molar-refractivity contribution is -0.167. The summed E-state index contributed by atoms with van der Waals surface area (Å²) in [7, 11) is 0. The van der Waals surface area contributed by atoms with E-state index in [0.717, 1.165) is 19.3 Å². The van der Waals surface area contributed by atoms with Gasteiger partial charge in [-0.15, -0.1) is 0 Å². The van der Waals surface area contributed by atoms with Gasteiger partial charge < -0.3 is 9.84 Å². The van der Waals surface area contributed by atoms with Gasteiger partial charge in [-0.05, 0) is 12.8 Å². The Balaban J connectivity index is 2.33. The van der Waals surface area contributed by atoms with E-state index in [1.54, 1.807) is 0 Å². The monoisotopic (exact) mass is 250 g/mol.